The van der Waals surface area contributed by atoms with E-state index in [4.69, 9.17) is 0 Å². The van der Waals surface area contributed by atoms with Crippen LogP contribution in [-0.2, 0) is 16.4 Å². The van der Waals surface area contributed by atoms with E-state index in [0.29, 0.717) is 13.1 Å². The lowest BCUT2D eigenvalue weighted by Crippen LogP contribution is -2.39. The summed E-state index contributed by atoms with van der Waals surface area (Å²) in [6.07, 6.45) is 3.53. The van der Waals surface area contributed by atoms with Gasteiger partial charge in [0.15, 0.2) is 15.5 Å². The molecule has 1 aromatic carbocycles. The Morgan fingerprint density at radius 3 is 2.73 bits per heavy atom. The lowest BCUT2D eigenvalue weighted by atomic mass is 10.1. The van der Waals surface area contributed by atoms with E-state index in [1.807, 2.05) is 35.0 Å². The van der Waals surface area contributed by atoms with Gasteiger partial charge in [0, 0.05) is 25.2 Å². The van der Waals surface area contributed by atoms with Crippen molar-refractivity contribution in [3.05, 3.63) is 60.4 Å². The van der Waals surface area contributed by atoms with Gasteiger partial charge in [-0.2, -0.15) is 5.10 Å². The van der Waals surface area contributed by atoms with Gasteiger partial charge >= 0.3 is 0 Å². The number of rotatable bonds is 4. The molecule has 26 heavy (non-hydrogen) atoms. The Balaban J connectivity index is 1.61. The van der Waals surface area contributed by atoms with Crippen molar-refractivity contribution in [3.63, 3.8) is 0 Å². The Hall–Kier alpha value is -2.51. The lowest BCUT2D eigenvalue weighted by Gasteiger charge is -2.26. The van der Waals surface area contributed by atoms with Gasteiger partial charge in [0.05, 0.1) is 29.1 Å². The fourth-order valence-corrected chi connectivity index (χ4v) is 4.47. The molecule has 0 N–H and O–H groups in total. The van der Waals surface area contributed by atoms with Crippen molar-refractivity contribution in [2.75, 3.05) is 24.6 Å². The molecule has 1 aliphatic rings. The minimum Gasteiger partial charge on any atom is -0.297 e. The van der Waals surface area contributed by atoms with Crippen LogP contribution in [0.1, 0.15) is 11.3 Å². The van der Waals surface area contributed by atoms with Crippen LogP contribution in [0.4, 0.5) is 0 Å². The molecule has 1 fully saturated rings. The lowest BCUT2D eigenvalue weighted by molar-refractivity contribution is 0.288. The highest BCUT2D eigenvalue weighted by atomic mass is 32.2. The van der Waals surface area contributed by atoms with E-state index in [1.54, 1.807) is 6.08 Å². The fraction of sp³-hybridized carbons (Fsp3) is 0.263. The minimum absolute atomic E-state index is 0.244. The number of hydrogen-bond acceptors (Lipinski definition) is 5. The molecule has 2 aromatic heterocycles. The average molecular weight is 368 g/mol. The van der Waals surface area contributed by atoms with Crippen molar-refractivity contribution in [1.29, 1.82) is 0 Å². The molecule has 0 spiro atoms. The Labute approximate surface area is 152 Å². The highest BCUT2D eigenvalue weighted by Crippen LogP contribution is 2.22. The quantitative estimate of drug-likeness (QED) is 0.707. The molecule has 3 heterocycles. The summed E-state index contributed by atoms with van der Waals surface area (Å²) in [4.78, 5) is 6.60. The maximum absolute atomic E-state index is 11.6. The van der Waals surface area contributed by atoms with Crippen LogP contribution in [0.5, 0.6) is 0 Å². The summed E-state index contributed by atoms with van der Waals surface area (Å²) in [6.45, 7) is 5.69. The third-order valence-electron chi connectivity index (χ3n) is 4.66. The zero-order valence-corrected chi connectivity index (χ0v) is 15.2. The van der Waals surface area contributed by atoms with Crippen molar-refractivity contribution in [2.24, 2.45) is 0 Å². The second-order valence-corrected chi connectivity index (χ2v) is 8.81. The Kier molecular flexibility index (Phi) is 4.34. The smallest absolute Gasteiger partial charge is 0.154 e. The molecule has 0 saturated carbocycles. The molecule has 0 bridgehead atoms. The van der Waals surface area contributed by atoms with E-state index in [0.717, 1.165) is 34.7 Å². The molecule has 0 aliphatic carbocycles. The van der Waals surface area contributed by atoms with Crippen LogP contribution < -0.4 is 0 Å². The highest BCUT2D eigenvalue weighted by molar-refractivity contribution is 7.91. The van der Waals surface area contributed by atoms with Gasteiger partial charge in [-0.1, -0.05) is 24.8 Å². The van der Waals surface area contributed by atoms with E-state index in [9.17, 15) is 8.42 Å². The van der Waals surface area contributed by atoms with Crippen molar-refractivity contribution in [1.82, 2.24) is 19.5 Å². The van der Waals surface area contributed by atoms with E-state index in [2.05, 4.69) is 33.7 Å². The van der Waals surface area contributed by atoms with Gasteiger partial charge in [-0.25, -0.2) is 17.9 Å². The Morgan fingerprint density at radius 2 is 1.96 bits per heavy atom. The van der Waals surface area contributed by atoms with Crippen LogP contribution in [0.25, 0.3) is 23.0 Å². The number of sulfone groups is 1. The molecular formula is C19H20N4O2S. The number of imidazole rings is 1. The first-order chi connectivity index (χ1) is 12.5. The van der Waals surface area contributed by atoms with Gasteiger partial charge in [0.1, 0.15) is 0 Å². The zero-order chi connectivity index (χ0) is 18.1. The summed E-state index contributed by atoms with van der Waals surface area (Å²) in [5.74, 6) is 0.488. The second-order valence-electron chi connectivity index (χ2n) is 6.50. The first-order valence-corrected chi connectivity index (χ1v) is 10.4. The monoisotopic (exact) mass is 368 g/mol. The number of hydrogen-bond donors (Lipinski definition) is 0. The molecule has 4 rings (SSSR count). The summed E-state index contributed by atoms with van der Waals surface area (Å²) < 4.78 is 25.0. The molecule has 0 unspecified atom stereocenters. The van der Waals surface area contributed by atoms with Crippen LogP contribution in [0.3, 0.4) is 0 Å². The molecule has 0 radical (unpaired) electrons. The molecule has 0 atom stereocenters. The molecule has 134 valence electrons. The van der Waals surface area contributed by atoms with Crippen LogP contribution >= 0.6 is 0 Å². The number of nitrogens with zero attached hydrogens (tertiary/aromatic N) is 4. The van der Waals surface area contributed by atoms with Gasteiger partial charge < -0.3 is 0 Å². The molecule has 3 aromatic rings. The fourth-order valence-electron chi connectivity index (χ4n) is 3.19. The largest absolute Gasteiger partial charge is 0.297 e. The van der Waals surface area contributed by atoms with Crippen molar-refractivity contribution in [3.8, 4) is 11.3 Å². The third-order valence-corrected chi connectivity index (χ3v) is 6.27. The molecule has 1 aliphatic heterocycles. The van der Waals surface area contributed by atoms with Gasteiger partial charge in [-0.3, -0.25) is 4.90 Å². The number of benzene rings is 1. The van der Waals surface area contributed by atoms with Gasteiger partial charge in [0.25, 0.3) is 0 Å². The SMILES string of the molecule is C=Cc1ccc2ncc(-c3cccc(CN4CCS(=O)(=O)CC4)c3)n2n1. The summed E-state index contributed by atoms with van der Waals surface area (Å²) >= 11 is 0. The van der Waals surface area contributed by atoms with Crippen LogP contribution in [0, 0.1) is 0 Å². The Morgan fingerprint density at radius 1 is 1.15 bits per heavy atom. The van der Waals surface area contributed by atoms with Crippen LogP contribution in [0.15, 0.2) is 49.2 Å². The first-order valence-electron chi connectivity index (χ1n) is 8.53. The second kappa shape index (κ2) is 6.66. The van der Waals surface area contributed by atoms with Crippen LogP contribution in [-0.4, -0.2) is 52.5 Å². The number of aromatic nitrogens is 3. The summed E-state index contributed by atoms with van der Waals surface area (Å²) in [5.41, 5.74) is 4.69. The van der Waals surface area contributed by atoms with Crippen molar-refractivity contribution >= 4 is 21.6 Å². The first kappa shape index (κ1) is 16.9. The maximum Gasteiger partial charge on any atom is 0.154 e. The summed E-state index contributed by atoms with van der Waals surface area (Å²) in [6, 6.07) is 12.1. The number of fused-ring (bicyclic) bond motifs is 1. The standard InChI is InChI=1S/C19H20N4O2S/c1-2-17-6-7-19-20-13-18(23(19)21-17)16-5-3-4-15(12-16)14-22-8-10-26(24,25)11-9-22/h2-7,12-13H,1,8-11,14H2. The van der Waals surface area contributed by atoms with E-state index in [1.165, 1.54) is 0 Å². The average Bonchev–Trinajstić information content (AvgIpc) is 3.07. The van der Waals surface area contributed by atoms with E-state index >= 15 is 0 Å². The predicted octanol–water partition coefficient (Wildman–Crippen LogP) is 2.27. The highest BCUT2D eigenvalue weighted by Gasteiger charge is 2.21. The molecule has 6 nitrogen and oxygen atoms in total. The Bertz CT molecular complexity index is 1060. The minimum atomic E-state index is -2.85. The third kappa shape index (κ3) is 3.40. The van der Waals surface area contributed by atoms with E-state index < -0.39 is 9.84 Å². The van der Waals surface area contributed by atoms with Crippen molar-refractivity contribution in [2.45, 2.75) is 6.54 Å². The van der Waals surface area contributed by atoms with Crippen LogP contribution in [0.2, 0.25) is 0 Å². The van der Waals surface area contributed by atoms with E-state index in [-0.39, 0.29) is 11.5 Å². The molecule has 1 saturated heterocycles. The zero-order valence-electron chi connectivity index (χ0n) is 14.4. The van der Waals surface area contributed by atoms with Gasteiger partial charge in [-0.05, 0) is 29.8 Å². The van der Waals surface area contributed by atoms with Gasteiger partial charge in [-0.15, -0.1) is 0 Å². The molecule has 7 heteroatoms. The van der Waals surface area contributed by atoms with Crippen molar-refractivity contribution < 1.29 is 8.42 Å². The maximum atomic E-state index is 11.6. The summed E-state index contributed by atoms with van der Waals surface area (Å²) in [5, 5.41) is 4.55. The summed E-state index contributed by atoms with van der Waals surface area (Å²) in [7, 11) is -2.85. The van der Waals surface area contributed by atoms with Gasteiger partial charge in [0.2, 0.25) is 0 Å². The normalized spacial score (nSPS) is 17.4. The molecular weight excluding hydrogens is 348 g/mol. The predicted molar refractivity (Wildman–Crippen MR) is 102 cm³/mol. The molecule has 0 amide bonds. The topological polar surface area (TPSA) is 67.6 Å².